The van der Waals surface area contributed by atoms with Crippen molar-refractivity contribution in [3.05, 3.63) is 48.2 Å². The molecule has 0 atom stereocenters. The Morgan fingerprint density at radius 2 is 1.89 bits per heavy atom. The molecule has 0 amide bonds. The molecule has 1 aromatic heterocycles. The Hall–Kier alpha value is -2.07. The molecule has 0 bridgehead atoms. The third-order valence-corrected chi connectivity index (χ3v) is 2.86. The first-order valence-electron chi connectivity index (χ1n) is 6.01. The molecule has 94 valence electrons. The summed E-state index contributed by atoms with van der Waals surface area (Å²) in [4.78, 5) is 6.33. The Bertz CT molecular complexity index is 507. The van der Waals surface area contributed by atoms with Crippen molar-refractivity contribution in [1.29, 1.82) is 0 Å². The van der Waals surface area contributed by atoms with Crippen LogP contribution in [0.3, 0.4) is 0 Å². The van der Waals surface area contributed by atoms with Crippen molar-refractivity contribution >= 4 is 17.2 Å². The number of anilines is 3. The lowest BCUT2D eigenvalue weighted by molar-refractivity contribution is 1.02. The van der Waals surface area contributed by atoms with E-state index < -0.39 is 0 Å². The number of nitrogen functional groups attached to an aromatic ring is 1. The maximum absolute atomic E-state index is 5.39. The normalized spacial score (nSPS) is 10.2. The molecule has 0 aliphatic carbocycles. The largest absolute Gasteiger partial charge is 0.342 e. The third-order valence-electron chi connectivity index (χ3n) is 2.86. The number of rotatable bonds is 4. The molecule has 0 saturated carbocycles. The molecule has 2 rings (SSSR count). The summed E-state index contributed by atoms with van der Waals surface area (Å²) in [6.07, 6.45) is 1.75. The fraction of sp³-hybridized carbons (Fsp3) is 0.214. The zero-order valence-corrected chi connectivity index (χ0v) is 10.7. The van der Waals surface area contributed by atoms with Crippen molar-refractivity contribution in [2.75, 3.05) is 16.9 Å². The van der Waals surface area contributed by atoms with E-state index in [2.05, 4.69) is 53.4 Å². The van der Waals surface area contributed by atoms with E-state index in [0.717, 1.165) is 17.9 Å². The van der Waals surface area contributed by atoms with Gasteiger partial charge < -0.3 is 10.3 Å². The number of aromatic nitrogens is 1. The Balaban J connectivity index is 2.35. The fourth-order valence-electron chi connectivity index (χ4n) is 1.91. The maximum atomic E-state index is 5.39. The predicted molar refractivity (Wildman–Crippen MR) is 75.9 cm³/mol. The second kappa shape index (κ2) is 5.51. The van der Waals surface area contributed by atoms with E-state index in [1.807, 2.05) is 12.1 Å². The van der Waals surface area contributed by atoms with Crippen LogP contribution >= 0.6 is 0 Å². The van der Waals surface area contributed by atoms with Crippen LogP contribution in [0.2, 0.25) is 0 Å². The van der Waals surface area contributed by atoms with Crippen LogP contribution in [0.15, 0.2) is 42.6 Å². The minimum absolute atomic E-state index is 0.665. The summed E-state index contributed by atoms with van der Waals surface area (Å²) in [7, 11) is 0. The maximum Gasteiger partial charge on any atom is 0.141 e. The number of hydrogen-bond donors (Lipinski definition) is 2. The Labute approximate surface area is 107 Å². The highest BCUT2D eigenvalue weighted by Crippen LogP contribution is 2.26. The SMILES string of the molecule is CCN(c1ccc(C)cc1)c1ccnc(NN)c1. The van der Waals surface area contributed by atoms with Gasteiger partial charge in [0.25, 0.3) is 0 Å². The van der Waals surface area contributed by atoms with Gasteiger partial charge in [0.1, 0.15) is 5.82 Å². The van der Waals surface area contributed by atoms with Gasteiger partial charge in [-0.15, -0.1) is 0 Å². The summed E-state index contributed by atoms with van der Waals surface area (Å²) in [5.74, 6) is 6.05. The molecule has 0 radical (unpaired) electrons. The summed E-state index contributed by atoms with van der Waals surface area (Å²) in [5.41, 5.74) is 6.06. The Morgan fingerprint density at radius 3 is 2.50 bits per heavy atom. The standard InChI is InChI=1S/C14H18N4/c1-3-18(12-6-4-11(2)5-7-12)13-8-9-16-14(10-13)17-15/h4-10H,3,15H2,1-2H3,(H,16,17). The van der Waals surface area contributed by atoms with Gasteiger partial charge in [-0.2, -0.15) is 0 Å². The molecule has 0 unspecified atom stereocenters. The number of aryl methyl sites for hydroxylation is 1. The molecule has 18 heavy (non-hydrogen) atoms. The molecular formula is C14H18N4. The van der Waals surface area contributed by atoms with Gasteiger partial charge in [-0.3, -0.25) is 0 Å². The number of nitrogens with zero attached hydrogens (tertiary/aromatic N) is 2. The van der Waals surface area contributed by atoms with Gasteiger partial charge in [0.15, 0.2) is 0 Å². The molecule has 0 fully saturated rings. The third kappa shape index (κ3) is 2.60. The molecule has 2 aromatic rings. The zero-order valence-electron chi connectivity index (χ0n) is 10.7. The van der Waals surface area contributed by atoms with Crippen molar-refractivity contribution < 1.29 is 0 Å². The smallest absolute Gasteiger partial charge is 0.141 e. The van der Waals surface area contributed by atoms with Gasteiger partial charge in [-0.05, 0) is 32.0 Å². The van der Waals surface area contributed by atoms with Crippen LogP contribution < -0.4 is 16.2 Å². The second-order valence-electron chi connectivity index (χ2n) is 4.12. The van der Waals surface area contributed by atoms with Crippen LogP contribution in [0.5, 0.6) is 0 Å². The highest BCUT2D eigenvalue weighted by molar-refractivity contribution is 5.65. The average Bonchev–Trinajstić information content (AvgIpc) is 2.42. The van der Waals surface area contributed by atoms with Crippen molar-refractivity contribution in [2.45, 2.75) is 13.8 Å². The first-order valence-corrected chi connectivity index (χ1v) is 6.01. The Kier molecular flexibility index (Phi) is 3.79. The quantitative estimate of drug-likeness (QED) is 0.639. The number of nitrogens with two attached hydrogens (primary N) is 1. The van der Waals surface area contributed by atoms with E-state index in [9.17, 15) is 0 Å². The van der Waals surface area contributed by atoms with E-state index in [-0.39, 0.29) is 0 Å². The van der Waals surface area contributed by atoms with E-state index >= 15 is 0 Å². The summed E-state index contributed by atoms with van der Waals surface area (Å²) >= 11 is 0. The summed E-state index contributed by atoms with van der Waals surface area (Å²) in [6.45, 7) is 5.09. The first-order chi connectivity index (χ1) is 8.74. The molecule has 0 aliphatic heterocycles. The van der Waals surface area contributed by atoms with Gasteiger partial charge in [0.2, 0.25) is 0 Å². The predicted octanol–water partition coefficient (Wildman–Crippen LogP) is 2.83. The zero-order chi connectivity index (χ0) is 13.0. The molecule has 4 nitrogen and oxygen atoms in total. The van der Waals surface area contributed by atoms with E-state index in [1.165, 1.54) is 5.56 Å². The molecule has 1 heterocycles. The molecule has 1 aromatic carbocycles. The van der Waals surface area contributed by atoms with Gasteiger partial charge >= 0.3 is 0 Å². The number of hydrogen-bond acceptors (Lipinski definition) is 4. The highest BCUT2D eigenvalue weighted by Gasteiger charge is 2.07. The number of benzene rings is 1. The van der Waals surface area contributed by atoms with Crippen LogP contribution in [-0.4, -0.2) is 11.5 Å². The fourth-order valence-corrected chi connectivity index (χ4v) is 1.91. The van der Waals surface area contributed by atoms with E-state index in [1.54, 1.807) is 6.20 Å². The minimum Gasteiger partial charge on any atom is -0.342 e. The van der Waals surface area contributed by atoms with Gasteiger partial charge in [0, 0.05) is 30.2 Å². The van der Waals surface area contributed by atoms with Gasteiger partial charge in [0.05, 0.1) is 0 Å². The summed E-state index contributed by atoms with van der Waals surface area (Å²) in [5, 5.41) is 0. The summed E-state index contributed by atoms with van der Waals surface area (Å²) < 4.78 is 0. The molecule has 4 heteroatoms. The van der Waals surface area contributed by atoms with Gasteiger partial charge in [-0.25, -0.2) is 10.8 Å². The number of hydrazine groups is 1. The van der Waals surface area contributed by atoms with Crippen molar-refractivity contribution in [3.8, 4) is 0 Å². The lowest BCUT2D eigenvalue weighted by Crippen LogP contribution is -2.17. The van der Waals surface area contributed by atoms with Crippen molar-refractivity contribution in [2.24, 2.45) is 5.84 Å². The lowest BCUT2D eigenvalue weighted by Gasteiger charge is -2.23. The van der Waals surface area contributed by atoms with E-state index in [4.69, 9.17) is 5.84 Å². The molecular weight excluding hydrogens is 224 g/mol. The second-order valence-corrected chi connectivity index (χ2v) is 4.12. The minimum atomic E-state index is 0.665. The van der Waals surface area contributed by atoms with E-state index in [0.29, 0.717) is 5.82 Å². The molecule has 0 saturated heterocycles. The lowest BCUT2D eigenvalue weighted by atomic mass is 10.2. The van der Waals surface area contributed by atoms with Crippen LogP contribution in [-0.2, 0) is 0 Å². The van der Waals surface area contributed by atoms with Crippen LogP contribution in [0.1, 0.15) is 12.5 Å². The molecule has 0 aliphatic rings. The monoisotopic (exact) mass is 242 g/mol. The van der Waals surface area contributed by atoms with Crippen molar-refractivity contribution in [3.63, 3.8) is 0 Å². The van der Waals surface area contributed by atoms with Crippen LogP contribution in [0.4, 0.5) is 17.2 Å². The molecule has 3 N–H and O–H groups in total. The van der Waals surface area contributed by atoms with Crippen molar-refractivity contribution in [1.82, 2.24) is 4.98 Å². The highest BCUT2D eigenvalue weighted by atomic mass is 15.3. The van der Waals surface area contributed by atoms with Crippen LogP contribution in [0.25, 0.3) is 0 Å². The summed E-state index contributed by atoms with van der Waals surface area (Å²) in [6, 6.07) is 12.4. The van der Waals surface area contributed by atoms with Crippen LogP contribution in [0, 0.1) is 6.92 Å². The molecule has 0 spiro atoms. The Morgan fingerprint density at radius 1 is 1.17 bits per heavy atom. The topological polar surface area (TPSA) is 54.2 Å². The average molecular weight is 242 g/mol. The number of pyridine rings is 1. The van der Waals surface area contributed by atoms with Gasteiger partial charge in [-0.1, -0.05) is 17.7 Å². The first kappa shape index (κ1) is 12.4. The number of nitrogens with one attached hydrogen (secondary N) is 1.